The van der Waals surface area contributed by atoms with Crippen LogP contribution in [-0.2, 0) is 10.8 Å². The molecule has 1 heterocycles. The number of hydrogen-bond acceptors (Lipinski definition) is 5. The smallest absolute Gasteiger partial charge is 0.315 e. The van der Waals surface area contributed by atoms with Gasteiger partial charge in [-0.05, 0) is 19.1 Å². The Kier molecular flexibility index (Phi) is 4.36. The molecule has 19 heavy (non-hydrogen) atoms. The highest BCUT2D eigenvalue weighted by atomic mass is 32.2. The first-order valence-electron chi connectivity index (χ1n) is 6.24. The number of nitrogens with one attached hydrogen (secondary N) is 1. The van der Waals surface area contributed by atoms with Crippen molar-refractivity contribution in [2.45, 2.75) is 6.92 Å². The van der Waals surface area contributed by atoms with Crippen molar-refractivity contribution >= 4 is 27.9 Å². The molecule has 1 aliphatic rings. The molecule has 1 aliphatic heterocycles. The summed E-state index contributed by atoms with van der Waals surface area (Å²) in [5.41, 5.74) is 1.26. The predicted octanol–water partition coefficient (Wildman–Crippen LogP) is 1.60. The van der Waals surface area contributed by atoms with Gasteiger partial charge in [-0.3, -0.25) is 14.3 Å². The lowest BCUT2D eigenvalue weighted by atomic mass is 10.2. The Morgan fingerprint density at radius 1 is 1.42 bits per heavy atom. The van der Waals surface area contributed by atoms with Crippen LogP contribution in [-0.4, -0.2) is 40.3 Å². The van der Waals surface area contributed by atoms with Crippen LogP contribution in [0.3, 0.4) is 0 Å². The van der Waals surface area contributed by atoms with Gasteiger partial charge in [-0.15, -0.1) is 0 Å². The van der Waals surface area contributed by atoms with Crippen LogP contribution in [0.5, 0.6) is 0 Å². The maximum atomic E-state index is 11.4. The van der Waals surface area contributed by atoms with Gasteiger partial charge in [0.2, 0.25) is 0 Å². The summed E-state index contributed by atoms with van der Waals surface area (Å²) in [6.07, 6.45) is 0. The van der Waals surface area contributed by atoms with Crippen molar-refractivity contribution in [2.24, 2.45) is 0 Å². The lowest BCUT2D eigenvalue weighted by Crippen LogP contribution is -2.38. The second kappa shape index (κ2) is 6.01. The monoisotopic (exact) mass is 283 g/mol. The Hall–Kier alpha value is -1.63. The number of para-hydroxylation sites is 1. The highest BCUT2D eigenvalue weighted by Gasteiger charge is 2.25. The SMILES string of the molecule is CCNc1cccc(N2CCS(=O)CC2)c1[N+](=O)[O-]. The van der Waals surface area contributed by atoms with E-state index in [1.807, 2.05) is 17.9 Å². The summed E-state index contributed by atoms with van der Waals surface area (Å²) in [5, 5.41) is 14.3. The van der Waals surface area contributed by atoms with Gasteiger partial charge < -0.3 is 10.2 Å². The van der Waals surface area contributed by atoms with E-state index in [0.717, 1.165) is 0 Å². The average molecular weight is 283 g/mol. The van der Waals surface area contributed by atoms with Crippen LogP contribution in [0.1, 0.15) is 6.92 Å². The molecule has 0 radical (unpaired) electrons. The van der Waals surface area contributed by atoms with Crippen LogP contribution in [0, 0.1) is 10.1 Å². The Balaban J connectivity index is 2.36. The molecule has 2 rings (SSSR count). The Labute approximate surface area is 114 Å². The van der Waals surface area contributed by atoms with Crippen molar-refractivity contribution in [3.05, 3.63) is 28.3 Å². The van der Waals surface area contributed by atoms with E-state index >= 15 is 0 Å². The second-order valence-corrected chi connectivity index (χ2v) is 5.99. The van der Waals surface area contributed by atoms with Gasteiger partial charge in [-0.1, -0.05) is 6.07 Å². The molecule has 7 heteroatoms. The van der Waals surface area contributed by atoms with Gasteiger partial charge in [0, 0.05) is 41.9 Å². The molecule has 1 aromatic rings. The molecule has 0 spiro atoms. The zero-order valence-corrected chi connectivity index (χ0v) is 11.6. The molecule has 0 bridgehead atoms. The Morgan fingerprint density at radius 2 is 2.11 bits per heavy atom. The van der Waals surface area contributed by atoms with Crippen LogP contribution in [0.25, 0.3) is 0 Å². The third kappa shape index (κ3) is 3.04. The fourth-order valence-corrected chi connectivity index (χ4v) is 3.24. The van der Waals surface area contributed by atoms with E-state index in [9.17, 15) is 14.3 Å². The molecule has 1 fully saturated rings. The zero-order chi connectivity index (χ0) is 13.8. The summed E-state index contributed by atoms with van der Waals surface area (Å²) in [4.78, 5) is 12.9. The number of rotatable bonds is 4. The normalized spacial score (nSPS) is 16.4. The quantitative estimate of drug-likeness (QED) is 0.671. The van der Waals surface area contributed by atoms with Gasteiger partial charge in [0.1, 0.15) is 11.4 Å². The van der Waals surface area contributed by atoms with Crippen LogP contribution in [0.2, 0.25) is 0 Å². The van der Waals surface area contributed by atoms with Crippen molar-refractivity contribution in [3.63, 3.8) is 0 Å². The first-order valence-corrected chi connectivity index (χ1v) is 7.73. The fourth-order valence-electron chi connectivity index (χ4n) is 2.19. The van der Waals surface area contributed by atoms with E-state index in [-0.39, 0.29) is 10.6 Å². The van der Waals surface area contributed by atoms with Crippen molar-refractivity contribution in [1.82, 2.24) is 0 Å². The zero-order valence-electron chi connectivity index (χ0n) is 10.8. The highest BCUT2D eigenvalue weighted by Crippen LogP contribution is 2.35. The summed E-state index contributed by atoms with van der Waals surface area (Å²) < 4.78 is 11.4. The first-order chi connectivity index (χ1) is 9.13. The lowest BCUT2D eigenvalue weighted by molar-refractivity contribution is -0.383. The number of nitro groups is 1. The number of benzene rings is 1. The van der Waals surface area contributed by atoms with Gasteiger partial charge >= 0.3 is 5.69 Å². The highest BCUT2D eigenvalue weighted by molar-refractivity contribution is 7.85. The molecule has 6 nitrogen and oxygen atoms in total. The number of nitrogens with zero attached hydrogens (tertiary/aromatic N) is 2. The van der Waals surface area contributed by atoms with Crippen molar-refractivity contribution < 1.29 is 9.13 Å². The molecule has 0 atom stereocenters. The Bertz CT molecular complexity index is 497. The second-order valence-electron chi connectivity index (χ2n) is 4.30. The summed E-state index contributed by atoms with van der Waals surface area (Å²) in [7, 11) is -0.788. The van der Waals surface area contributed by atoms with Gasteiger partial charge in [0.15, 0.2) is 0 Å². The topological polar surface area (TPSA) is 75.5 Å². The van der Waals surface area contributed by atoms with E-state index in [0.29, 0.717) is 42.5 Å². The molecular formula is C12H17N3O3S. The molecule has 0 aliphatic carbocycles. The van der Waals surface area contributed by atoms with E-state index in [1.54, 1.807) is 12.1 Å². The first kappa shape index (κ1) is 13.8. The number of anilines is 2. The largest absolute Gasteiger partial charge is 0.380 e. The van der Waals surface area contributed by atoms with Crippen molar-refractivity contribution in [3.8, 4) is 0 Å². The maximum Gasteiger partial charge on any atom is 0.315 e. The minimum absolute atomic E-state index is 0.108. The van der Waals surface area contributed by atoms with Crippen molar-refractivity contribution in [2.75, 3.05) is 41.4 Å². The maximum absolute atomic E-state index is 11.4. The van der Waals surface area contributed by atoms with Crippen LogP contribution in [0.15, 0.2) is 18.2 Å². The third-order valence-corrected chi connectivity index (χ3v) is 4.36. The van der Waals surface area contributed by atoms with Crippen LogP contribution < -0.4 is 10.2 Å². The molecular weight excluding hydrogens is 266 g/mol. The Morgan fingerprint density at radius 3 is 2.68 bits per heavy atom. The van der Waals surface area contributed by atoms with Crippen LogP contribution >= 0.6 is 0 Å². The van der Waals surface area contributed by atoms with E-state index in [1.165, 1.54) is 0 Å². The average Bonchev–Trinajstić information content (AvgIpc) is 2.39. The van der Waals surface area contributed by atoms with Crippen molar-refractivity contribution in [1.29, 1.82) is 0 Å². The molecule has 1 aromatic carbocycles. The molecule has 1 N–H and O–H groups in total. The number of hydrogen-bond donors (Lipinski definition) is 1. The molecule has 0 aromatic heterocycles. The minimum Gasteiger partial charge on any atom is -0.380 e. The fraction of sp³-hybridized carbons (Fsp3) is 0.500. The summed E-state index contributed by atoms with van der Waals surface area (Å²) >= 11 is 0. The molecule has 104 valence electrons. The molecule has 0 saturated carbocycles. The summed E-state index contributed by atoms with van der Waals surface area (Å²) in [5.74, 6) is 1.14. The summed E-state index contributed by atoms with van der Waals surface area (Å²) in [6, 6.07) is 5.28. The third-order valence-electron chi connectivity index (χ3n) is 3.08. The number of nitro benzene ring substituents is 1. The van der Waals surface area contributed by atoms with Crippen LogP contribution in [0.4, 0.5) is 17.1 Å². The minimum atomic E-state index is -0.788. The van der Waals surface area contributed by atoms with Gasteiger partial charge in [0.25, 0.3) is 0 Å². The molecule has 1 saturated heterocycles. The van der Waals surface area contributed by atoms with Gasteiger partial charge in [-0.25, -0.2) is 0 Å². The van der Waals surface area contributed by atoms with E-state index in [2.05, 4.69) is 5.32 Å². The molecule has 0 amide bonds. The van der Waals surface area contributed by atoms with E-state index in [4.69, 9.17) is 0 Å². The predicted molar refractivity (Wildman–Crippen MR) is 77.3 cm³/mol. The molecule has 0 unspecified atom stereocenters. The van der Waals surface area contributed by atoms with E-state index < -0.39 is 10.8 Å². The van der Waals surface area contributed by atoms with Gasteiger partial charge in [0.05, 0.1) is 4.92 Å². The standard InChI is InChI=1S/C12H17N3O3S/c1-2-13-10-4-3-5-11(12(10)15(16)17)14-6-8-19(18)9-7-14/h3-5,13H,2,6-9H2,1H3. The van der Waals surface area contributed by atoms with Gasteiger partial charge in [-0.2, -0.15) is 0 Å². The lowest BCUT2D eigenvalue weighted by Gasteiger charge is -2.28. The summed E-state index contributed by atoms with van der Waals surface area (Å²) in [6.45, 7) is 3.74.